The van der Waals surface area contributed by atoms with Crippen molar-refractivity contribution in [2.24, 2.45) is 0 Å². The highest BCUT2D eigenvalue weighted by molar-refractivity contribution is 5.80. The van der Waals surface area contributed by atoms with E-state index < -0.39 is 0 Å². The van der Waals surface area contributed by atoms with Crippen molar-refractivity contribution in [3.63, 3.8) is 0 Å². The molecule has 0 saturated carbocycles. The first-order chi connectivity index (χ1) is 5.69. The van der Waals surface area contributed by atoms with Gasteiger partial charge in [-0.05, 0) is 6.07 Å². The number of rotatable bonds is 2. The van der Waals surface area contributed by atoms with E-state index in [1.54, 1.807) is 0 Å². The number of phenols is 2. The number of aldehydes is 1. The molecule has 0 spiro atoms. The van der Waals surface area contributed by atoms with E-state index in [-0.39, 0.29) is 22.8 Å². The van der Waals surface area contributed by atoms with E-state index in [0.29, 0.717) is 6.29 Å². The van der Waals surface area contributed by atoms with E-state index in [1.165, 1.54) is 13.2 Å². The van der Waals surface area contributed by atoms with Crippen LogP contribution in [0.25, 0.3) is 0 Å². The maximum absolute atomic E-state index is 10.3. The van der Waals surface area contributed by atoms with E-state index in [2.05, 4.69) is 0 Å². The number of carbonyl (C=O) groups excluding carboxylic acids is 1. The SMILES string of the molecule is COc1cc(C=O)c(O)cc1O. The molecule has 0 amide bonds. The van der Waals surface area contributed by atoms with Crippen molar-refractivity contribution in [2.75, 3.05) is 7.11 Å². The Balaban J connectivity index is 3.26. The molecular formula is C8H8O4. The molecule has 0 unspecified atom stereocenters. The number of methoxy groups -OCH3 is 1. The summed E-state index contributed by atoms with van der Waals surface area (Å²) in [5.74, 6) is -0.293. The smallest absolute Gasteiger partial charge is 0.161 e. The minimum atomic E-state index is -0.261. The Bertz CT molecular complexity index is 306. The third-order valence-electron chi connectivity index (χ3n) is 1.46. The molecule has 12 heavy (non-hydrogen) atoms. The Morgan fingerprint density at radius 3 is 2.50 bits per heavy atom. The molecule has 0 fully saturated rings. The Morgan fingerprint density at radius 1 is 1.33 bits per heavy atom. The number of benzene rings is 1. The second-order valence-electron chi connectivity index (χ2n) is 2.20. The Kier molecular flexibility index (Phi) is 2.19. The normalized spacial score (nSPS) is 9.42. The van der Waals surface area contributed by atoms with Gasteiger partial charge in [0.05, 0.1) is 12.7 Å². The fourth-order valence-corrected chi connectivity index (χ4v) is 0.831. The highest BCUT2D eigenvalue weighted by Gasteiger charge is 2.07. The number of ether oxygens (including phenoxy) is 1. The Labute approximate surface area is 69.0 Å². The van der Waals surface area contributed by atoms with Crippen molar-refractivity contribution in [2.45, 2.75) is 0 Å². The number of hydrogen-bond acceptors (Lipinski definition) is 4. The van der Waals surface area contributed by atoms with E-state index in [0.717, 1.165) is 6.07 Å². The summed E-state index contributed by atoms with van der Waals surface area (Å²) >= 11 is 0. The second kappa shape index (κ2) is 3.13. The van der Waals surface area contributed by atoms with E-state index in [1.807, 2.05) is 0 Å². The van der Waals surface area contributed by atoms with E-state index >= 15 is 0 Å². The molecule has 1 rings (SSSR count). The summed E-state index contributed by atoms with van der Waals surface area (Å²) in [6.45, 7) is 0. The quantitative estimate of drug-likeness (QED) is 0.644. The summed E-state index contributed by atoms with van der Waals surface area (Å²) < 4.78 is 4.72. The standard InChI is InChI=1S/C8H8O4/c1-12-8-2-5(4-9)6(10)3-7(8)11/h2-4,10-11H,1H3. The Morgan fingerprint density at radius 2 is 2.00 bits per heavy atom. The van der Waals surface area contributed by atoms with Crippen LogP contribution in [0.2, 0.25) is 0 Å². The molecule has 0 radical (unpaired) electrons. The topological polar surface area (TPSA) is 66.8 Å². The molecule has 1 aromatic carbocycles. The third-order valence-corrected chi connectivity index (χ3v) is 1.46. The van der Waals surface area contributed by atoms with Crippen LogP contribution < -0.4 is 4.74 Å². The lowest BCUT2D eigenvalue weighted by Gasteiger charge is -2.04. The Hall–Kier alpha value is -1.71. The number of carbonyl (C=O) groups is 1. The fourth-order valence-electron chi connectivity index (χ4n) is 0.831. The van der Waals surface area contributed by atoms with Crippen molar-refractivity contribution < 1.29 is 19.7 Å². The van der Waals surface area contributed by atoms with E-state index in [9.17, 15) is 4.79 Å². The van der Waals surface area contributed by atoms with Crippen molar-refractivity contribution >= 4 is 6.29 Å². The van der Waals surface area contributed by atoms with Crippen LogP contribution in [0.4, 0.5) is 0 Å². The average molecular weight is 168 g/mol. The van der Waals surface area contributed by atoms with Crippen molar-refractivity contribution in [3.8, 4) is 17.2 Å². The van der Waals surface area contributed by atoms with Crippen LogP contribution >= 0.6 is 0 Å². The number of hydrogen-bond donors (Lipinski definition) is 2. The molecule has 64 valence electrons. The molecular weight excluding hydrogens is 160 g/mol. The van der Waals surface area contributed by atoms with Gasteiger partial charge in [0.25, 0.3) is 0 Å². The van der Waals surface area contributed by atoms with Gasteiger partial charge >= 0.3 is 0 Å². The second-order valence-corrected chi connectivity index (χ2v) is 2.20. The maximum Gasteiger partial charge on any atom is 0.161 e. The summed E-state index contributed by atoms with van der Waals surface area (Å²) in [5, 5.41) is 18.2. The first-order valence-corrected chi connectivity index (χ1v) is 3.24. The molecule has 0 saturated heterocycles. The van der Waals surface area contributed by atoms with Crippen molar-refractivity contribution in [3.05, 3.63) is 17.7 Å². The fraction of sp³-hybridized carbons (Fsp3) is 0.125. The summed E-state index contributed by atoms with van der Waals surface area (Å²) in [6.07, 6.45) is 0.483. The van der Waals surface area contributed by atoms with Crippen molar-refractivity contribution in [1.29, 1.82) is 0 Å². The zero-order chi connectivity index (χ0) is 9.14. The minimum Gasteiger partial charge on any atom is -0.507 e. The minimum absolute atomic E-state index is 0.0876. The lowest BCUT2D eigenvalue weighted by atomic mass is 10.2. The van der Waals surface area contributed by atoms with Gasteiger partial charge < -0.3 is 14.9 Å². The van der Waals surface area contributed by atoms with E-state index in [4.69, 9.17) is 14.9 Å². The first-order valence-electron chi connectivity index (χ1n) is 3.24. The molecule has 0 bridgehead atoms. The van der Waals surface area contributed by atoms with Crippen LogP contribution in [0.5, 0.6) is 17.2 Å². The van der Waals surface area contributed by atoms with Gasteiger partial charge in [-0.15, -0.1) is 0 Å². The monoisotopic (exact) mass is 168 g/mol. The molecule has 4 nitrogen and oxygen atoms in total. The zero-order valence-corrected chi connectivity index (χ0v) is 6.44. The molecule has 2 N–H and O–H groups in total. The zero-order valence-electron chi connectivity index (χ0n) is 6.44. The van der Waals surface area contributed by atoms with Crippen LogP contribution in [0.3, 0.4) is 0 Å². The molecule has 0 heterocycles. The average Bonchev–Trinajstić information content (AvgIpc) is 2.05. The van der Waals surface area contributed by atoms with Crippen LogP contribution in [0.15, 0.2) is 12.1 Å². The molecule has 0 atom stereocenters. The third kappa shape index (κ3) is 1.32. The highest BCUT2D eigenvalue weighted by Crippen LogP contribution is 2.31. The predicted octanol–water partition coefficient (Wildman–Crippen LogP) is 0.919. The molecule has 0 aromatic heterocycles. The van der Waals surface area contributed by atoms with Gasteiger partial charge in [0, 0.05) is 6.07 Å². The van der Waals surface area contributed by atoms with Crippen molar-refractivity contribution in [1.82, 2.24) is 0 Å². The van der Waals surface area contributed by atoms with Gasteiger partial charge in [-0.3, -0.25) is 4.79 Å². The maximum atomic E-state index is 10.3. The first kappa shape index (κ1) is 8.39. The molecule has 0 aliphatic carbocycles. The molecule has 0 aliphatic heterocycles. The largest absolute Gasteiger partial charge is 0.507 e. The summed E-state index contributed by atoms with van der Waals surface area (Å²) in [4.78, 5) is 10.3. The number of aromatic hydroxyl groups is 2. The van der Waals surface area contributed by atoms with Gasteiger partial charge in [-0.2, -0.15) is 0 Å². The summed E-state index contributed by atoms with van der Waals surface area (Å²) in [5.41, 5.74) is 0.0876. The van der Waals surface area contributed by atoms with Crippen LogP contribution in [0, 0.1) is 0 Å². The molecule has 4 heteroatoms. The molecule has 0 aliphatic rings. The van der Waals surface area contributed by atoms with Crippen LogP contribution in [-0.4, -0.2) is 23.6 Å². The van der Waals surface area contributed by atoms with Gasteiger partial charge in [-0.25, -0.2) is 0 Å². The van der Waals surface area contributed by atoms with Gasteiger partial charge in [-0.1, -0.05) is 0 Å². The summed E-state index contributed by atoms with van der Waals surface area (Å²) in [6, 6.07) is 2.32. The lowest BCUT2D eigenvalue weighted by Crippen LogP contribution is -1.87. The van der Waals surface area contributed by atoms with Gasteiger partial charge in [0.2, 0.25) is 0 Å². The van der Waals surface area contributed by atoms with Crippen LogP contribution in [0.1, 0.15) is 10.4 Å². The van der Waals surface area contributed by atoms with Gasteiger partial charge in [0.1, 0.15) is 5.75 Å². The number of phenolic OH excluding ortho intramolecular Hbond substituents is 2. The lowest BCUT2D eigenvalue weighted by molar-refractivity contribution is 0.112. The summed E-state index contributed by atoms with van der Waals surface area (Å²) in [7, 11) is 1.36. The van der Waals surface area contributed by atoms with Gasteiger partial charge in [0.15, 0.2) is 17.8 Å². The predicted molar refractivity (Wildman–Crippen MR) is 41.7 cm³/mol. The van der Waals surface area contributed by atoms with Crippen LogP contribution in [-0.2, 0) is 0 Å². The molecule has 1 aromatic rings. The highest BCUT2D eigenvalue weighted by atomic mass is 16.5.